The maximum absolute atomic E-state index is 12.2. The number of rotatable bonds is 6. The quantitative estimate of drug-likeness (QED) is 0.569. The fourth-order valence-corrected chi connectivity index (χ4v) is 4.23. The Bertz CT molecular complexity index is 606. The number of hydrogen-bond donors (Lipinski definition) is 0. The van der Waals surface area contributed by atoms with Crippen LogP contribution in [-0.4, -0.2) is 42.0 Å². The number of benzene rings is 1. The second kappa shape index (κ2) is 8.69. The average Bonchev–Trinajstić information content (AvgIpc) is 2.64. The summed E-state index contributed by atoms with van der Waals surface area (Å²) in [6, 6.07) is 12.7. The highest BCUT2D eigenvalue weighted by Crippen LogP contribution is 2.36. The molecule has 1 aromatic rings. The summed E-state index contributed by atoms with van der Waals surface area (Å²) in [6.45, 7) is 5.18. The fraction of sp³-hybridized carbons (Fsp3) is 0.600. The van der Waals surface area contributed by atoms with Crippen LogP contribution in [0.2, 0.25) is 0 Å². The topological polar surface area (TPSA) is 53.3 Å². The molecule has 0 bridgehead atoms. The lowest BCUT2D eigenvalue weighted by Crippen LogP contribution is -2.48. The van der Waals surface area contributed by atoms with E-state index in [9.17, 15) is 10.1 Å². The Morgan fingerprint density at radius 1 is 1.36 bits per heavy atom. The Kier molecular flexibility index (Phi) is 6.87. The van der Waals surface area contributed by atoms with Crippen molar-refractivity contribution in [2.45, 2.75) is 62.4 Å². The maximum Gasteiger partial charge on any atom is 0.325 e. The lowest BCUT2D eigenvalue weighted by molar-refractivity contribution is -0.141. The molecule has 1 aromatic carbocycles. The highest BCUT2D eigenvalue weighted by Gasteiger charge is 2.45. The summed E-state index contributed by atoms with van der Waals surface area (Å²) in [5, 5.41) is 9.00. The minimum Gasteiger partial charge on any atom is -0.468 e. The first kappa shape index (κ1) is 19.8. The number of carbonyl (C=O) groups is 1. The first-order valence-corrected chi connectivity index (χ1v) is 9.34. The van der Waals surface area contributed by atoms with Crippen molar-refractivity contribution in [1.29, 1.82) is 5.26 Å². The van der Waals surface area contributed by atoms with Crippen LogP contribution in [0.5, 0.6) is 0 Å². The molecule has 0 radical (unpaired) electrons. The average molecular weight is 363 g/mol. The van der Waals surface area contributed by atoms with E-state index >= 15 is 0 Å². The fourth-order valence-electron chi connectivity index (χ4n) is 3.86. The minimum atomic E-state index is -1.10. The molecule has 0 N–H and O–H groups in total. The Morgan fingerprint density at radius 3 is 2.48 bits per heavy atom. The SMILES string of the molecule is COC(=O)C(Cl)C(C#N)(CCN1C(C)CCCC1C)c1ccccc1. The van der Waals surface area contributed by atoms with Gasteiger partial charge in [0, 0.05) is 18.6 Å². The Balaban J connectivity index is 2.31. The zero-order valence-corrected chi connectivity index (χ0v) is 16.0. The number of hydrogen-bond acceptors (Lipinski definition) is 4. The van der Waals surface area contributed by atoms with Crippen LogP contribution in [0.3, 0.4) is 0 Å². The normalized spacial score (nSPS) is 24.8. The molecule has 4 atom stereocenters. The number of esters is 1. The molecule has 5 heteroatoms. The van der Waals surface area contributed by atoms with Crippen molar-refractivity contribution in [1.82, 2.24) is 4.90 Å². The molecule has 136 valence electrons. The molecule has 1 saturated heterocycles. The van der Waals surface area contributed by atoms with Crippen molar-refractivity contribution in [2.24, 2.45) is 0 Å². The smallest absolute Gasteiger partial charge is 0.325 e. The van der Waals surface area contributed by atoms with Crippen molar-refractivity contribution in [2.75, 3.05) is 13.7 Å². The van der Waals surface area contributed by atoms with Gasteiger partial charge in [0.05, 0.1) is 13.2 Å². The van der Waals surface area contributed by atoms with Crippen molar-refractivity contribution < 1.29 is 9.53 Å². The number of nitriles is 1. The summed E-state index contributed by atoms with van der Waals surface area (Å²) in [6.07, 6.45) is 4.06. The van der Waals surface area contributed by atoms with Gasteiger partial charge in [-0.3, -0.25) is 9.69 Å². The number of nitrogens with zero attached hydrogens (tertiary/aromatic N) is 2. The lowest BCUT2D eigenvalue weighted by Gasteiger charge is -2.41. The molecule has 1 heterocycles. The predicted octanol–water partition coefficient (Wildman–Crippen LogP) is 3.88. The van der Waals surface area contributed by atoms with E-state index in [-0.39, 0.29) is 0 Å². The van der Waals surface area contributed by atoms with E-state index < -0.39 is 16.8 Å². The standard InChI is InChI=1S/C20H27ClN2O2/c1-15-8-7-9-16(2)23(15)13-12-20(14-22,18(21)19(24)25-3)17-10-5-4-6-11-17/h4-6,10-11,15-16,18H,7-9,12-13H2,1-3H3. The van der Waals surface area contributed by atoms with Crippen molar-refractivity contribution in [3.05, 3.63) is 35.9 Å². The van der Waals surface area contributed by atoms with Gasteiger partial charge in [0.15, 0.2) is 5.38 Å². The van der Waals surface area contributed by atoms with Gasteiger partial charge < -0.3 is 4.74 Å². The van der Waals surface area contributed by atoms with E-state index in [1.54, 1.807) is 0 Å². The van der Waals surface area contributed by atoms with E-state index in [1.165, 1.54) is 13.5 Å². The molecule has 0 spiro atoms. The number of piperidine rings is 1. The molecule has 25 heavy (non-hydrogen) atoms. The summed E-state index contributed by atoms with van der Waals surface area (Å²) < 4.78 is 4.84. The number of alkyl halides is 1. The van der Waals surface area contributed by atoms with Crippen LogP contribution in [0.15, 0.2) is 30.3 Å². The number of ether oxygens (including phenoxy) is 1. The van der Waals surface area contributed by atoms with Crippen LogP contribution in [0, 0.1) is 11.3 Å². The maximum atomic E-state index is 12.2. The summed E-state index contributed by atoms with van der Waals surface area (Å²) >= 11 is 6.46. The lowest BCUT2D eigenvalue weighted by atomic mass is 9.75. The number of carbonyl (C=O) groups excluding carboxylic acids is 1. The number of methoxy groups -OCH3 is 1. The van der Waals surface area contributed by atoms with Gasteiger partial charge in [0.25, 0.3) is 0 Å². The summed E-state index contributed by atoms with van der Waals surface area (Å²) in [7, 11) is 1.31. The number of halogens is 1. The molecule has 0 saturated carbocycles. The third-order valence-electron chi connectivity index (χ3n) is 5.47. The van der Waals surface area contributed by atoms with Gasteiger partial charge in [-0.15, -0.1) is 11.6 Å². The third kappa shape index (κ3) is 4.16. The van der Waals surface area contributed by atoms with Gasteiger partial charge in [-0.05, 0) is 38.7 Å². The largest absolute Gasteiger partial charge is 0.468 e. The Morgan fingerprint density at radius 2 is 1.96 bits per heavy atom. The zero-order chi connectivity index (χ0) is 18.4. The highest BCUT2D eigenvalue weighted by molar-refractivity contribution is 6.31. The van der Waals surface area contributed by atoms with Crippen molar-refractivity contribution in [3.63, 3.8) is 0 Å². The van der Waals surface area contributed by atoms with Crippen molar-refractivity contribution in [3.8, 4) is 6.07 Å². The molecular weight excluding hydrogens is 336 g/mol. The molecule has 1 aliphatic heterocycles. The molecule has 4 nitrogen and oxygen atoms in total. The second-order valence-corrected chi connectivity index (χ2v) is 7.39. The van der Waals surface area contributed by atoms with Gasteiger partial charge in [0.2, 0.25) is 0 Å². The van der Waals surface area contributed by atoms with Gasteiger partial charge in [-0.25, -0.2) is 0 Å². The van der Waals surface area contributed by atoms with Gasteiger partial charge in [-0.2, -0.15) is 5.26 Å². The zero-order valence-electron chi connectivity index (χ0n) is 15.2. The van der Waals surface area contributed by atoms with E-state index in [0.29, 0.717) is 18.5 Å². The molecule has 1 fully saturated rings. The molecular formula is C20H27ClN2O2. The minimum absolute atomic E-state index is 0.475. The van der Waals surface area contributed by atoms with E-state index in [0.717, 1.165) is 24.9 Å². The monoisotopic (exact) mass is 362 g/mol. The molecule has 1 aliphatic rings. The summed E-state index contributed by atoms with van der Waals surface area (Å²) in [5.74, 6) is -0.563. The molecule has 4 unspecified atom stereocenters. The van der Waals surface area contributed by atoms with Crippen LogP contribution < -0.4 is 0 Å². The van der Waals surface area contributed by atoms with Crippen LogP contribution in [0.4, 0.5) is 0 Å². The Labute approximate surface area is 155 Å². The van der Waals surface area contributed by atoms with E-state index in [4.69, 9.17) is 16.3 Å². The van der Waals surface area contributed by atoms with Crippen molar-refractivity contribution >= 4 is 17.6 Å². The van der Waals surface area contributed by atoms with Crippen LogP contribution in [-0.2, 0) is 14.9 Å². The number of likely N-dealkylation sites (tertiary alicyclic amines) is 1. The van der Waals surface area contributed by atoms with E-state index in [1.807, 2.05) is 30.3 Å². The van der Waals surface area contributed by atoms with Gasteiger partial charge in [-0.1, -0.05) is 36.8 Å². The first-order valence-electron chi connectivity index (χ1n) is 8.90. The second-order valence-electron chi connectivity index (χ2n) is 6.95. The van der Waals surface area contributed by atoms with Crippen LogP contribution in [0.25, 0.3) is 0 Å². The highest BCUT2D eigenvalue weighted by atomic mass is 35.5. The first-order chi connectivity index (χ1) is 12.0. The third-order valence-corrected chi connectivity index (χ3v) is 6.02. The molecule has 0 aliphatic carbocycles. The van der Waals surface area contributed by atoms with Crippen LogP contribution >= 0.6 is 11.6 Å². The molecule has 0 amide bonds. The summed E-state index contributed by atoms with van der Waals surface area (Å²) in [5.41, 5.74) is -0.340. The molecule has 0 aromatic heterocycles. The van der Waals surface area contributed by atoms with Gasteiger partial charge >= 0.3 is 5.97 Å². The Hall–Kier alpha value is -1.57. The van der Waals surface area contributed by atoms with Gasteiger partial charge in [0.1, 0.15) is 5.41 Å². The summed E-state index contributed by atoms with van der Waals surface area (Å²) in [4.78, 5) is 14.6. The predicted molar refractivity (Wildman–Crippen MR) is 99.5 cm³/mol. The molecule has 2 rings (SSSR count). The van der Waals surface area contributed by atoms with Crippen LogP contribution in [0.1, 0.15) is 45.1 Å². The van der Waals surface area contributed by atoms with E-state index in [2.05, 4.69) is 24.8 Å².